The van der Waals surface area contributed by atoms with E-state index in [4.69, 9.17) is 0 Å². The highest BCUT2D eigenvalue weighted by Gasteiger charge is 2.25. The minimum absolute atomic E-state index is 0.00874. The van der Waals surface area contributed by atoms with Gasteiger partial charge < -0.3 is 10.2 Å². The molecule has 0 atom stereocenters. The Bertz CT molecular complexity index is 696. The molecule has 7 heteroatoms. The molecule has 1 aliphatic heterocycles. The van der Waals surface area contributed by atoms with Gasteiger partial charge >= 0.3 is 0 Å². The molecule has 1 saturated carbocycles. The summed E-state index contributed by atoms with van der Waals surface area (Å²) < 4.78 is 13.9. The highest BCUT2D eigenvalue weighted by atomic mass is 19.1. The average Bonchev–Trinajstić information content (AvgIpc) is 2.66. The molecule has 3 rings (SSSR count). The molecule has 6 nitrogen and oxygen atoms in total. The predicted molar refractivity (Wildman–Crippen MR) is 101 cm³/mol. The van der Waals surface area contributed by atoms with Crippen LogP contribution in [0.3, 0.4) is 0 Å². The largest absolute Gasteiger partial charge is 0.349 e. The number of nitrogens with zero attached hydrogens (tertiary/aromatic N) is 2. The summed E-state index contributed by atoms with van der Waals surface area (Å²) in [6, 6.07) is 2.27. The van der Waals surface area contributed by atoms with Gasteiger partial charge in [0.15, 0.2) is 0 Å². The number of benzene rings is 1. The van der Waals surface area contributed by atoms with Gasteiger partial charge in [-0.05, 0) is 44.6 Å². The van der Waals surface area contributed by atoms with Crippen molar-refractivity contribution in [1.29, 1.82) is 0 Å². The summed E-state index contributed by atoms with van der Waals surface area (Å²) in [7, 11) is 0. The van der Waals surface area contributed by atoms with Gasteiger partial charge in [0.1, 0.15) is 5.82 Å². The Morgan fingerprint density at radius 2 is 1.89 bits per heavy atom. The van der Waals surface area contributed by atoms with Gasteiger partial charge in [-0.2, -0.15) is 0 Å². The van der Waals surface area contributed by atoms with Crippen LogP contribution in [-0.2, 0) is 0 Å². The van der Waals surface area contributed by atoms with Crippen LogP contribution in [0.2, 0.25) is 0 Å². The van der Waals surface area contributed by atoms with Gasteiger partial charge in [0.2, 0.25) is 0 Å². The van der Waals surface area contributed by atoms with Crippen molar-refractivity contribution in [1.82, 2.24) is 10.2 Å². The van der Waals surface area contributed by atoms with Crippen molar-refractivity contribution in [2.45, 2.75) is 57.9 Å². The smallest absolute Gasteiger partial charge is 0.276 e. The van der Waals surface area contributed by atoms with Crippen molar-refractivity contribution in [2.24, 2.45) is 5.92 Å². The van der Waals surface area contributed by atoms with Gasteiger partial charge in [-0.15, -0.1) is 0 Å². The second kappa shape index (κ2) is 8.78. The maximum atomic E-state index is 13.9. The van der Waals surface area contributed by atoms with Crippen LogP contribution in [-0.4, -0.2) is 41.4 Å². The van der Waals surface area contributed by atoms with E-state index in [0.29, 0.717) is 0 Å². The van der Waals surface area contributed by atoms with Crippen LogP contribution in [0.25, 0.3) is 0 Å². The summed E-state index contributed by atoms with van der Waals surface area (Å²) in [6.45, 7) is 4.39. The number of halogens is 1. The lowest BCUT2D eigenvalue weighted by Crippen LogP contribution is -2.46. The minimum atomic E-state index is -0.725. The number of likely N-dealkylation sites (tertiary alicyclic amines) is 1. The van der Waals surface area contributed by atoms with E-state index >= 15 is 0 Å². The second-order valence-corrected chi connectivity index (χ2v) is 7.91. The molecule has 1 amide bonds. The van der Waals surface area contributed by atoms with E-state index in [2.05, 4.69) is 10.2 Å². The first kappa shape index (κ1) is 19.7. The van der Waals surface area contributed by atoms with E-state index in [1.54, 1.807) is 0 Å². The predicted octanol–water partition coefficient (Wildman–Crippen LogP) is 3.82. The normalized spacial score (nSPS) is 19.8. The number of hydrogen-bond acceptors (Lipinski definition) is 4. The molecule has 2 aliphatic rings. The second-order valence-electron chi connectivity index (χ2n) is 7.91. The van der Waals surface area contributed by atoms with Crippen molar-refractivity contribution in [3.05, 3.63) is 39.2 Å². The standard InChI is InChI=1S/C20H28FN3O3/c1-14-18(21)11-16(12-19(14)24(26)27)20(25)22-17-7-9-23(10-8-17)13-15-5-3-2-4-6-15/h11-12,15,17H,2-10,13H2,1H3,(H,22,25). The Kier molecular flexibility index (Phi) is 6.42. The fraction of sp³-hybridized carbons (Fsp3) is 0.650. The number of amides is 1. The molecule has 0 unspecified atom stereocenters. The molecule has 1 N–H and O–H groups in total. The summed E-state index contributed by atoms with van der Waals surface area (Å²) in [6.07, 6.45) is 8.42. The van der Waals surface area contributed by atoms with Crippen LogP contribution in [0.15, 0.2) is 12.1 Å². The topological polar surface area (TPSA) is 75.5 Å². The van der Waals surface area contributed by atoms with Crippen LogP contribution >= 0.6 is 0 Å². The Labute approximate surface area is 159 Å². The molecular weight excluding hydrogens is 349 g/mol. The molecule has 0 radical (unpaired) electrons. The van der Waals surface area contributed by atoms with Crippen LogP contribution in [0, 0.1) is 28.8 Å². The van der Waals surface area contributed by atoms with Crippen molar-refractivity contribution < 1.29 is 14.1 Å². The fourth-order valence-corrected chi connectivity index (χ4v) is 4.25. The van der Waals surface area contributed by atoms with E-state index in [0.717, 1.165) is 50.5 Å². The third kappa shape index (κ3) is 5.03. The number of nitrogens with one attached hydrogen (secondary N) is 1. The van der Waals surface area contributed by atoms with E-state index in [9.17, 15) is 19.3 Å². The summed E-state index contributed by atoms with van der Waals surface area (Å²) in [4.78, 5) is 25.3. The van der Waals surface area contributed by atoms with Crippen LogP contribution < -0.4 is 5.32 Å². The molecule has 0 spiro atoms. The monoisotopic (exact) mass is 377 g/mol. The lowest BCUT2D eigenvalue weighted by Gasteiger charge is -2.35. The van der Waals surface area contributed by atoms with Crippen LogP contribution in [0.1, 0.15) is 60.9 Å². The fourth-order valence-electron chi connectivity index (χ4n) is 4.25. The number of nitro benzene ring substituents is 1. The zero-order chi connectivity index (χ0) is 19.4. The molecule has 2 fully saturated rings. The SMILES string of the molecule is Cc1c(F)cc(C(=O)NC2CCN(CC3CCCCC3)CC2)cc1[N+](=O)[O-]. The molecule has 1 aliphatic carbocycles. The zero-order valence-electron chi connectivity index (χ0n) is 15.9. The molecule has 0 bridgehead atoms. The van der Waals surface area contributed by atoms with Crippen molar-refractivity contribution in [3.8, 4) is 0 Å². The first-order valence-corrected chi connectivity index (χ1v) is 9.92. The van der Waals surface area contributed by atoms with Crippen LogP contribution in [0.5, 0.6) is 0 Å². The highest BCUT2D eigenvalue weighted by molar-refractivity contribution is 5.95. The van der Waals surface area contributed by atoms with Crippen molar-refractivity contribution >= 4 is 11.6 Å². The maximum absolute atomic E-state index is 13.9. The number of nitro groups is 1. The molecule has 1 heterocycles. The quantitative estimate of drug-likeness (QED) is 0.625. The van der Waals surface area contributed by atoms with Gasteiger partial charge in [0, 0.05) is 37.3 Å². The molecule has 27 heavy (non-hydrogen) atoms. The van der Waals surface area contributed by atoms with E-state index in [1.165, 1.54) is 39.0 Å². The third-order valence-corrected chi connectivity index (χ3v) is 5.94. The molecule has 0 aromatic heterocycles. The lowest BCUT2D eigenvalue weighted by molar-refractivity contribution is -0.385. The van der Waals surface area contributed by atoms with E-state index < -0.39 is 16.6 Å². The average molecular weight is 377 g/mol. The summed E-state index contributed by atoms with van der Waals surface area (Å²) in [5, 5.41) is 14.0. The van der Waals surface area contributed by atoms with Gasteiger partial charge in [-0.3, -0.25) is 14.9 Å². The Morgan fingerprint density at radius 1 is 1.22 bits per heavy atom. The molecule has 1 aromatic rings. The first-order chi connectivity index (χ1) is 12.9. The molecule has 1 saturated heterocycles. The lowest BCUT2D eigenvalue weighted by atomic mass is 9.88. The summed E-state index contributed by atoms with van der Waals surface area (Å²) in [5.41, 5.74) is -0.399. The number of carbonyl (C=O) groups excluding carboxylic acids is 1. The van der Waals surface area contributed by atoms with E-state index in [1.807, 2.05) is 0 Å². The van der Waals surface area contributed by atoms with Crippen molar-refractivity contribution in [2.75, 3.05) is 19.6 Å². The summed E-state index contributed by atoms with van der Waals surface area (Å²) >= 11 is 0. The third-order valence-electron chi connectivity index (χ3n) is 5.94. The number of carbonyl (C=O) groups is 1. The Morgan fingerprint density at radius 3 is 2.52 bits per heavy atom. The van der Waals surface area contributed by atoms with Gasteiger partial charge in [-0.25, -0.2) is 4.39 Å². The van der Waals surface area contributed by atoms with E-state index in [-0.39, 0.29) is 22.9 Å². The maximum Gasteiger partial charge on any atom is 0.276 e. The highest BCUT2D eigenvalue weighted by Crippen LogP contribution is 2.26. The number of rotatable bonds is 5. The summed E-state index contributed by atoms with van der Waals surface area (Å²) in [5.74, 6) is -0.361. The minimum Gasteiger partial charge on any atom is -0.349 e. The van der Waals surface area contributed by atoms with Crippen LogP contribution in [0.4, 0.5) is 10.1 Å². The Hall–Kier alpha value is -2.02. The molecule has 1 aromatic carbocycles. The van der Waals surface area contributed by atoms with Gasteiger partial charge in [0.25, 0.3) is 11.6 Å². The number of hydrogen-bond donors (Lipinski definition) is 1. The number of piperidine rings is 1. The molecular formula is C20H28FN3O3. The van der Waals surface area contributed by atoms with Crippen molar-refractivity contribution in [3.63, 3.8) is 0 Å². The first-order valence-electron chi connectivity index (χ1n) is 9.92. The van der Waals surface area contributed by atoms with Gasteiger partial charge in [-0.1, -0.05) is 19.3 Å². The zero-order valence-corrected chi connectivity index (χ0v) is 15.9. The van der Waals surface area contributed by atoms with Gasteiger partial charge in [0.05, 0.1) is 10.5 Å². The molecule has 148 valence electrons. The Balaban J connectivity index is 1.53.